The van der Waals surface area contributed by atoms with Crippen molar-refractivity contribution in [2.24, 2.45) is 5.73 Å². The predicted molar refractivity (Wildman–Crippen MR) is 78.7 cm³/mol. The summed E-state index contributed by atoms with van der Waals surface area (Å²) < 4.78 is 0.732. The molecular weight excluding hydrogens is 298 g/mol. The van der Waals surface area contributed by atoms with Crippen LogP contribution in [0.5, 0.6) is 0 Å². The van der Waals surface area contributed by atoms with Crippen LogP contribution in [-0.4, -0.2) is 52.3 Å². The summed E-state index contributed by atoms with van der Waals surface area (Å²) in [4.78, 5) is 25.2. The molecule has 0 bridgehead atoms. The zero-order valence-corrected chi connectivity index (χ0v) is 12.8. The third-order valence-electron chi connectivity index (χ3n) is 3.09. The van der Waals surface area contributed by atoms with Gasteiger partial charge in [0.05, 0.1) is 5.75 Å². The fourth-order valence-electron chi connectivity index (χ4n) is 2.10. The number of hydrogen-bond acceptors (Lipinski definition) is 7. The third-order valence-corrected chi connectivity index (χ3v) is 5.15. The van der Waals surface area contributed by atoms with Crippen LogP contribution in [0, 0.1) is 0 Å². The number of hydrogen-bond donors (Lipinski definition) is 2. The van der Waals surface area contributed by atoms with Gasteiger partial charge in [0.15, 0.2) is 4.34 Å². The van der Waals surface area contributed by atoms with E-state index in [4.69, 9.17) is 5.73 Å². The van der Waals surface area contributed by atoms with E-state index in [1.165, 1.54) is 23.1 Å². The smallest absolute Gasteiger partial charge is 0.240 e. The van der Waals surface area contributed by atoms with E-state index in [2.05, 4.69) is 15.5 Å². The van der Waals surface area contributed by atoms with Gasteiger partial charge in [-0.25, -0.2) is 0 Å². The molecule has 2 heterocycles. The number of likely N-dealkylation sites (tertiary alicyclic amines) is 1. The fraction of sp³-hybridized carbons (Fsp3) is 0.636. The van der Waals surface area contributed by atoms with Crippen LogP contribution in [0.25, 0.3) is 0 Å². The standard InChI is InChI=1S/C11H17N5O2S2/c1-13-10-14-15-11(20-10)19-6-8(17)16-5-3-2-4-7(16)9(12)18/h7H,2-6H2,1H3,(H2,12,18)(H,13,14)/t7-/m1/s1. The van der Waals surface area contributed by atoms with Crippen LogP contribution in [0.2, 0.25) is 0 Å². The Morgan fingerprint density at radius 1 is 1.50 bits per heavy atom. The average Bonchev–Trinajstić information content (AvgIpc) is 2.92. The maximum Gasteiger partial charge on any atom is 0.240 e. The quantitative estimate of drug-likeness (QED) is 0.769. The lowest BCUT2D eigenvalue weighted by Crippen LogP contribution is -2.51. The molecular formula is C11H17N5O2S2. The molecule has 0 saturated carbocycles. The lowest BCUT2D eigenvalue weighted by atomic mass is 10.0. The molecule has 2 amide bonds. The number of carbonyl (C=O) groups excluding carboxylic acids is 2. The van der Waals surface area contributed by atoms with Gasteiger partial charge < -0.3 is 16.0 Å². The van der Waals surface area contributed by atoms with E-state index in [9.17, 15) is 9.59 Å². The van der Waals surface area contributed by atoms with E-state index < -0.39 is 11.9 Å². The van der Waals surface area contributed by atoms with Crippen molar-refractivity contribution in [1.29, 1.82) is 0 Å². The number of thioether (sulfide) groups is 1. The average molecular weight is 315 g/mol. The molecule has 9 heteroatoms. The molecule has 110 valence electrons. The predicted octanol–water partition coefficient (Wildman–Crippen LogP) is 0.538. The number of anilines is 1. The summed E-state index contributed by atoms with van der Waals surface area (Å²) in [5, 5.41) is 11.5. The van der Waals surface area contributed by atoms with Gasteiger partial charge in [-0.2, -0.15) is 0 Å². The van der Waals surface area contributed by atoms with Gasteiger partial charge in [0.2, 0.25) is 16.9 Å². The molecule has 0 unspecified atom stereocenters. The Morgan fingerprint density at radius 3 is 2.95 bits per heavy atom. The minimum Gasteiger partial charge on any atom is -0.368 e. The molecule has 1 aliphatic heterocycles. The molecule has 1 saturated heterocycles. The second kappa shape index (κ2) is 6.89. The zero-order chi connectivity index (χ0) is 14.5. The number of rotatable bonds is 5. The van der Waals surface area contributed by atoms with Crippen LogP contribution in [0.1, 0.15) is 19.3 Å². The number of primary amides is 1. The van der Waals surface area contributed by atoms with E-state index in [0.717, 1.165) is 17.2 Å². The highest BCUT2D eigenvalue weighted by atomic mass is 32.2. The molecule has 7 nitrogen and oxygen atoms in total. The van der Waals surface area contributed by atoms with E-state index in [1.807, 2.05) is 0 Å². The molecule has 1 aromatic heterocycles. The van der Waals surface area contributed by atoms with E-state index in [0.29, 0.717) is 18.1 Å². The molecule has 0 radical (unpaired) electrons. The monoisotopic (exact) mass is 315 g/mol. The number of nitrogens with two attached hydrogens (primary N) is 1. The normalized spacial score (nSPS) is 18.9. The number of carbonyl (C=O) groups is 2. The number of piperidine rings is 1. The molecule has 20 heavy (non-hydrogen) atoms. The van der Waals surface area contributed by atoms with Crippen LogP contribution < -0.4 is 11.1 Å². The van der Waals surface area contributed by atoms with Crippen LogP contribution in [0.4, 0.5) is 5.13 Å². The Bertz CT molecular complexity index is 493. The highest BCUT2D eigenvalue weighted by molar-refractivity contribution is 8.01. The lowest BCUT2D eigenvalue weighted by Gasteiger charge is -2.33. The summed E-state index contributed by atoms with van der Waals surface area (Å²) in [5.41, 5.74) is 5.36. The fourth-order valence-corrected chi connectivity index (χ4v) is 3.69. The van der Waals surface area contributed by atoms with Crippen molar-refractivity contribution in [3.05, 3.63) is 0 Å². The summed E-state index contributed by atoms with van der Waals surface area (Å²) in [6.07, 6.45) is 2.52. The van der Waals surface area contributed by atoms with Gasteiger partial charge in [-0.15, -0.1) is 10.2 Å². The maximum absolute atomic E-state index is 12.2. The van der Waals surface area contributed by atoms with Gasteiger partial charge in [0.1, 0.15) is 6.04 Å². The minimum atomic E-state index is -0.459. The minimum absolute atomic E-state index is 0.0697. The first kappa shape index (κ1) is 15.0. The number of nitrogens with one attached hydrogen (secondary N) is 1. The second-order valence-corrected chi connectivity index (χ2v) is 6.61. The van der Waals surface area contributed by atoms with Gasteiger partial charge in [-0.3, -0.25) is 9.59 Å². The highest BCUT2D eigenvalue weighted by Crippen LogP contribution is 2.26. The molecule has 0 spiro atoms. The van der Waals surface area contributed by atoms with Crippen molar-refractivity contribution in [1.82, 2.24) is 15.1 Å². The van der Waals surface area contributed by atoms with E-state index >= 15 is 0 Å². The SMILES string of the molecule is CNc1nnc(SCC(=O)N2CCCC[C@@H]2C(N)=O)s1. The van der Waals surface area contributed by atoms with E-state index in [1.54, 1.807) is 11.9 Å². The molecule has 3 N–H and O–H groups in total. The van der Waals surface area contributed by atoms with Crippen molar-refractivity contribution in [2.75, 3.05) is 24.7 Å². The molecule has 0 aromatic carbocycles. The highest BCUT2D eigenvalue weighted by Gasteiger charge is 2.30. The largest absolute Gasteiger partial charge is 0.368 e. The van der Waals surface area contributed by atoms with Gasteiger partial charge in [0, 0.05) is 13.6 Å². The Morgan fingerprint density at radius 2 is 2.30 bits per heavy atom. The molecule has 2 rings (SSSR count). The first-order chi connectivity index (χ1) is 9.61. The van der Waals surface area contributed by atoms with Crippen LogP contribution >= 0.6 is 23.1 Å². The van der Waals surface area contributed by atoms with Gasteiger partial charge >= 0.3 is 0 Å². The van der Waals surface area contributed by atoms with Crippen molar-refractivity contribution < 1.29 is 9.59 Å². The summed E-state index contributed by atoms with van der Waals surface area (Å²) in [5.74, 6) is -0.238. The summed E-state index contributed by atoms with van der Waals surface area (Å²) in [7, 11) is 1.77. The first-order valence-electron chi connectivity index (χ1n) is 6.34. The number of nitrogens with zero attached hydrogens (tertiary/aromatic N) is 3. The summed E-state index contributed by atoms with van der Waals surface area (Å²) in [6.45, 7) is 0.602. The Kier molecular flexibility index (Phi) is 5.18. The lowest BCUT2D eigenvalue weighted by molar-refractivity contribution is -0.138. The first-order valence-corrected chi connectivity index (χ1v) is 8.15. The van der Waals surface area contributed by atoms with Crippen molar-refractivity contribution in [3.8, 4) is 0 Å². The van der Waals surface area contributed by atoms with E-state index in [-0.39, 0.29) is 11.7 Å². The van der Waals surface area contributed by atoms with Gasteiger partial charge in [-0.05, 0) is 19.3 Å². The van der Waals surface area contributed by atoms with Crippen molar-refractivity contribution in [2.45, 2.75) is 29.6 Å². The Hall–Kier alpha value is -1.35. The Labute approximate surface area is 125 Å². The van der Waals surface area contributed by atoms with Gasteiger partial charge in [0.25, 0.3) is 0 Å². The molecule has 0 aliphatic carbocycles. The van der Waals surface area contributed by atoms with Crippen molar-refractivity contribution >= 4 is 40.0 Å². The molecule has 1 aromatic rings. The summed E-state index contributed by atoms with van der Waals surface area (Å²) >= 11 is 2.73. The zero-order valence-electron chi connectivity index (χ0n) is 11.2. The molecule has 1 atom stereocenters. The van der Waals surface area contributed by atoms with Crippen LogP contribution in [0.3, 0.4) is 0 Å². The Balaban J connectivity index is 1.91. The topological polar surface area (TPSA) is 101 Å². The molecule has 1 fully saturated rings. The van der Waals surface area contributed by atoms with Crippen LogP contribution in [0.15, 0.2) is 4.34 Å². The summed E-state index contributed by atoms with van der Waals surface area (Å²) in [6, 6.07) is -0.459. The molecule has 1 aliphatic rings. The van der Waals surface area contributed by atoms with Crippen molar-refractivity contribution in [3.63, 3.8) is 0 Å². The second-order valence-electron chi connectivity index (χ2n) is 4.41. The number of aromatic nitrogens is 2. The maximum atomic E-state index is 12.2. The number of amides is 2. The van der Waals surface area contributed by atoms with Gasteiger partial charge in [-0.1, -0.05) is 23.1 Å². The third kappa shape index (κ3) is 3.60. The van der Waals surface area contributed by atoms with Crippen LogP contribution in [-0.2, 0) is 9.59 Å².